The maximum atomic E-state index is 5.53. The Morgan fingerprint density at radius 3 is 2.44 bits per heavy atom. The molecule has 0 aliphatic heterocycles. The minimum Gasteiger partial charge on any atom is -0.491 e. The van der Waals surface area contributed by atoms with Gasteiger partial charge in [-0.2, -0.15) is 0 Å². The second-order valence-electron chi connectivity index (χ2n) is 3.64. The molecule has 0 aromatic heterocycles. The monoisotopic (exact) mass is 223 g/mol. The normalized spacial score (nSPS) is 10.4. The number of hydrogen-bond donors (Lipinski definition) is 1. The van der Waals surface area contributed by atoms with Crippen molar-refractivity contribution in [1.29, 1.82) is 0 Å². The highest BCUT2D eigenvalue weighted by molar-refractivity contribution is 5.27. The second-order valence-corrected chi connectivity index (χ2v) is 3.64. The van der Waals surface area contributed by atoms with Crippen molar-refractivity contribution in [3.63, 3.8) is 0 Å². The van der Waals surface area contributed by atoms with Gasteiger partial charge in [0.15, 0.2) is 0 Å². The molecule has 1 aromatic rings. The van der Waals surface area contributed by atoms with Crippen molar-refractivity contribution >= 4 is 0 Å². The van der Waals surface area contributed by atoms with Gasteiger partial charge in [-0.15, -0.1) is 0 Å². The van der Waals surface area contributed by atoms with Gasteiger partial charge in [-0.1, -0.05) is 19.1 Å². The van der Waals surface area contributed by atoms with Gasteiger partial charge in [-0.25, -0.2) is 0 Å². The van der Waals surface area contributed by atoms with Crippen LogP contribution >= 0.6 is 0 Å². The van der Waals surface area contributed by atoms with E-state index in [9.17, 15) is 0 Å². The Bertz CT molecular complexity index is 272. The zero-order valence-corrected chi connectivity index (χ0v) is 9.95. The average Bonchev–Trinajstić information content (AvgIpc) is 2.31. The van der Waals surface area contributed by atoms with Crippen molar-refractivity contribution in [2.24, 2.45) is 5.73 Å². The summed E-state index contributed by atoms with van der Waals surface area (Å²) < 4.78 is 10.9. The molecular weight excluding hydrogens is 202 g/mol. The molecule has 16 heavy (non-hydrogen) atoms. The van der Waals surface area contributed by atoms with Gasteiger partial charge in [-0.05, 0) is 37.1 Å². The van der Waals surface area contributed by atoms with Crippen molar-refractivity contribution in [2.45, 2.75) is 19.8 Å². The highest BCUT2D eigenvalue weighted by Gasteiger charge is 1.95. The summed E-state index contributed by atoms with van der Waals surface area (Å²) >= 11 is 0. The Morgan fingerprint density at radius 1 is 1.06 bits per heavy atom. The lowest BCUT2D eigenvalue weighted by Gasteiger charge is -2.07. The molecule has 1 aromatic carbocycles. The van der Waals surface area contributed by atoms with E-state index >= 15 is 0 Å². The standard InChI is InChI=1S/C13H21NO2/c1-2-9-15-10-11-16-13-5-3-12(4-6-13)7-8-14/h3-6H,2,7-11,14H2,1H3. The van der Waals surface area contributed by atoms with E-state index in [-0.39, 0.29) is 0 Å². The summed E-state index contributed by atoms with van der Waals surface area (Å²) in [5.74, 6) is 0.890. The van der Waals surface area contributed by atoms with E-state index in [2.05, 4.69) is 19.1 Å². The molecule has 0 bridgehead atoms. The number of rotatable bonds is 8. The van der Waals surface area contributed by atoms with E-state index < -0.39 is 0 Å². The average molecular weight is 223 g/mol. The zero-order valence-electron chi connectivity index (χ0n) is 9.95. The predicted molar refractivity (Wildman–Crippen MR) is 65.8 cm³/mol. The molecule has 0 radical (unpaired) electrons. The van der Waals surface area contributed by atoms with Gasteiger partial charge in [-0.3, -0.25) is 0 Å². The zero-order chi connectivity index (χ0) is 11.6. The van der Waals surface area contributed by atoms with Crippen LogP contribution in [0.2, 0.25) is 0 Å². The first-order valence-electron chi connectivity index (χ1n) is 5.86. The first kappa shape index (κ1) is 13.0. The number of ether oxygens (including phenoxy) is 2. The summed E-state index contributed by atoms with van der Waals surface area (Å²) in [7, 11) is 0. The summed E-state index contributed by atoms with van der Waals surface area (Å²) in [6.45, 7) is 4.84. The molecule has 2 N–H and O–H groups in total. The summed E-state index contributed by atoms with van der Waals surface area (Å²) in [6, 6.07) is 8.06. The van der Waals surface area contributed by atoms with Crippen LogP contribution in [0, 0.1) is 0 Å². The molecule has 1 rings (SSSR count). The maximum absolute atomic E-state index is 5.53. The fourth-order valence-electron chi connectivity index (χ4n) is 1.38. The molecule has 0 aliphatic rings. The lowest BCUT2D eigenvalue weighted by molar-refractivity contribution is 0.101. The molecule has 0 saturated carbocycles. The van der Waals surface area contributed by atoms with E-state index in [1.807, 2.05) is 12.1 Å². The lowest BCUT2D eigenvalue weighted by atomic mass is 10.1. The molecule has 0 fully saturated rings. The van der Waals surface area contributed by atoms with Gasteiger partial charge in [0.05, 0.1) is 6.61 Å². The molecule has 0 aliphatic carbocycles. The van der Waals surface area contributed by atoms with Crippen LogP contribution in [0.25, 0.3) is 0 Å². The Balaban J connectivity index is 2.21. The molecule has 0 spiro atoms. The van der Waals surface area contributed by atoms with Crippen LogP contribution in [0.1, 0.15) is 18.9 Å². The largest absolute Gasteiger partial charge is 0.491 e. The van der Waals surface area contributed by atoms with Crippen molar-refractivity contribution in [1.82, 2.24) is 0 Å². The summed E-state index contributed by atoms with van der Waals surface area (Å²) in [5, 5.41) is 0. The second kappa shape index (κ2) is 8.13. The Morgan fingerprint density at radius 2 is 1.81 bits per heavy atom. The van der Waals surface area contributed by atoms with Crippen molar-refractivity contribution in [3.8, 4) is 5.75 Å². The molecule has 90 valence electrons. The number of nitrogens with two attached hydrogens (primary N) is 1. The summed E-state index contributed by atoms with van der Waals surface area (Å²) in [4.78, 5) is 0. The first-order valence-corrected chi connectivity index (χ1v) is 5.86. The Kier molecular flexibility index (Phi) is 6.61. The summed E-state index contributed by atoms with van der Waals surface area (Å²) in [6.07, 6.45) is 1.97. The van der Waals surface area contributed by atoms with Crippen LogP contribution in [0.4, 0.5) is 0 Å². The van der Waals surface area contributed by atoms with Gasteiger partial charge in [0.2, 0.25) is 0 Å². The lowest BCUT2D eigenvalue weighted by Crippen LogP contribution is -2.07. The van der Waals surface area contributed by atoms with Gasteiger partial charge in [0, 0.05) is 6.61 Å². The van der Waals surface area contributed by atoms with Gasteiger partial charge in [0.1, 0.15) is 12.4 Å². The smallest absolute Gasteiger partial charge is 0.119 e. The third-order valence-electron chi connectivity index (χ3n) is 2.20. The van der Waals surface area contributed by atoms with Crippen molar-refractivity contribution < 1.29 is 9.47 Å². The minimum atomic E-state index is 0.607. The predicted octanol–water partition coefficient (Wildman–Crippen LogP) is 1.99. The first-order chi connectivity index (χ1) is 7.86. The van der Waals surface area contributed by atoms with E-state index in [0.717, 1.165) is 25.2 Å². The third-order valence-corrected chi connectivity index (χ3v) is 2.20. The van der Waals surface area contributed by atoms with E-state index in [4.69, 9.17) is 15.2 Å². The highest BCUT2D eigenvalue weighted by atomic mass is 16.5. The number of benzene rings is 1. The summed E-state index contributed by atoms with van der Waals surface area (Å²) in [5.41, 5.74) is 6.72. The third kappa shape index (κ3) is 5.14. The molecule has 0 amide bonds. The van der Waals surface area contributed by atoms with Crippen LogP contribution in [0.3, 0.4) is 0 Å². The Hall–Kier alpha value is -1.06. The van der Waals surface area contributed by atoms with Gasteiger partial charge < -0.3 is 15.2 Å². The molecule has 0 heterocycles. The van der Waals surface area contributed by atoms with Crippen molar-refractivity contribution in [3.05, 3.63) is 29.8 Å². The molecular formula is C13H21NO2. The van der Waals surface area contributed by atoms with Gasteiger partial charge in [0.25, 0.3) is 0 Å². The van der Waals surface area contributed by atoms with Crippen LogP contribution in [0.15, 0.2) is 24.3 Å². The van der Waals surface area contributed by atoms with Gasteiger partial charge >= 0.3 is 0 Å². The highest BCUT2D eigenvalue weighted by Crippen LogP contribution is 2.12. The molecule has 3 nitrogen and oxygen atoms in total. The molecule has 0 unspecified atom stereocenters. The SMILES string of the molecule is CCCOCCOc1ccc(CCN)cc1. The van der Waals surface area contributed by atoms with Crippen LogP contribution in [-0.2, 0) is 11.2 Å². The fourth-order valence-corrected chi connectivity index (χ4v) is 1.38. The van der Waals surface area contributed by atoms with Crippen molar-refractivity contribution in [2.75, 3.05) is 26.4 Å². The topological polar surface area (TPSA) is 44.5 Å². The molecule has 0 saturated heterocycles. The molecule has 0 atom stereocenters. The fraction of sp³-hybridized carbons (Fsp3) is 0.538. The Labute approximate surface area is 97.6 Å². The quantitative estimate of drug-likeness (QED) is 0.685. The van der Waals surface area contributed by atoms with Crippen LogP contribution in [0.5, 0.6) is 5.75 Å². The van der Waals surface area contributed by atoms with E-state index in [0.29, 0.717) is 19.8 Å². The molecule has 3 heteroatoms. The van der Waals surface area contributed by atoms with E-state index in [1.165, 1.54) is 5.56 Å². The van der Waals surface area contributed by atoms with Crippen LogP contribution in [-0.4, -0.2) is 26.4 Å². The maximum Gasteiger partial charge on any atom is 0.119 e. The minimum absolute atomic E-state index is 0.607. The van der Waals surface area contributed by atoms with Crippen LogP contribution < -0.4 is 10.5 Å². The number of hydrogen-bond acceptors (Lipinski definition) is 3. The van der Waals surface area contributed by atoms with E-state index in [1.54, 1.807) is 0 Å².